The van der Waals surface area contributed by atoms with Crippen molar-refractivity contribution < 1.29 is 9.84 Å². The third-order valence-electron chi connectivity index (χ3n) is 4.25. The summed E-state index contributed by atoms with van der Waals surface area (Å²) in [4.78, 5) is 31.0. The predicted molar refractivity (Wildman–Crippen MR) is 107 cm³/mol. The summed E-state index contributed by atoms with van der Waals surface area (Å²) >= 11 is 0. The number of aromatic nitrogens is 4. The van der Waals surface area contributed by atoms with E-state index in [0.29, 0.717) is 24.2 Å². The van der Waals surface area contributed by atoms with Crippen molar-refractivity contribution in [2.75, 3.05) is 18.5 Å². The van der Waals surface area contributed by atoms with E-state index in [1.165, 1.54) is 4.57 Å². The van der Waals surface area contributed by atoms with Gasteiger partial charge < -0.3 is 19.7 Å². The summed E-state index contributed by atoms with van der Waals surface area (Å²) < 4.78 is 8.47. The number of aliphatic hydroxyl groups excluding tert-OH is 1. The second kappa shape index (κ2) is 8.30. The van der Waals surface area contributed by atoms with Crippen molar-refractivity contribution >= 4 is 17.1 Å². The first-order chi connectivity index (χ1) is 13.4. The molecule has 0 spiro atoms. The number of nitrogens with zero attached hydrogens (tertiary/aromatic N) is 3. The van der Waals surface area contributed by atoms with E-state index in [9.17, 15) is 14.7 Å². The number of H-pyrrole nitrogens is 1. The van der Waals surface area contributed by atoms with Crippen LogP contribution in [0.3, 0.4) is 0 Å². The number of imidazole rings is 1. The molecule has 150 valence electrons. The average molecular weight is 387 g/mol. The Morgan fingerprint density at radius 2 is 1.96 bits per heavy atom. The molecule has 0 fully saturated rings. The largest absolute Gasteiger partial charge is 0.491 e. The minimum absolute atomic E-state index is 0.0526. The molecule has 0 aliphatic rings. The number of aromatic amines is 1. The monoisotopic (exact) mass is 387 g/mol. The number of aryl methyl sites for hydroxylation is 1. The topological polar surface area (TPSA) is 114 Å². The highest BCUT2D eigenvalue weighted by Crippen LogP contribution is 2.17. The van der Waals surface area contributed by atoms with Gasteiger partial charge in [0.2, 0.25) is 5.95 Å². The summed E-state index contributed by atoms with van der Waals surface area (Å²) in [5.74, 6) is 1.42. The molecule has 1 aromatic carbocycles. The molecule has 2 aromatic heterocycles. The van der Waals surface area contributed by atoms with E-state index >= 15 is 0 Å². The zero-order valence-electron chi connectivity index (χ0n) is 16.2. The highest BCUT2D eigenvalue weighted by atomic mass is 16.5. The Balaban J connectivity index is 1.90. The van der Waals surface area contributed by atoms with Crippen LogP contribution in [0.2, 0.25) is 0 Å². The van der Waals surface area contributed by atoms with Gasteiger partial charge in [0.05, 0.1) is 6.54 Å². The average Bonchev–Trinajstić information content (AvgIpc) is 3.02. The molecular formula is C19H25N5O4. The molecule has 3 aromatic rings. The standard InChI is InChI=1S/C19H25N5O4/c1-12(2)9-20-18-21-16-15(17(26)22-19(27)23(16)3)24(18)10-13(25)11-28-14-7-5-4-6-8-14/h4-8,12-13,25H,9-11H2,1-3H3,(H,20,21)(H,22,26,27)/t13-/m1/s1. The molecule has 9 nitrogen and oxygen atoms in total. The maximum Gasteiger partial charge on any atom is 0.329 e. The van der Waals surface area contributed by atoms with Gasteiger partial charge in [-0.15, -0.1) is 0 Å². The van der Waals surface area contributed by atoms with Gasteiger partial charge >= 0.3 is 5.69 Å². The molecule has 0 aliphatic heterocycles. The number of nitrogens with one attached hydrogen (secondary N) is 2. The van der Waals surface area contributed by atoms with Gasteiger partial charge in [-0.05, 0) is 18.1 Å². The van der Waals surface area contributed by atoms with Crippen LogP contribution in [0.25, 0.3) is 11.2 Å². The van der Waals surface area contributed by atoms with E-state index in [1.807, 2.05) is 32.0 Å². The van der Waals surface area contributed by atoms with Crippen LogP contribution >= 0.6 is 0 Å². The summed E-state index contributed by atoms with van der Waals surface area (Å²) in [6, 6.07) is 9.17. The molecule has 2 heterocycles. The lowest BCUT2D eigenvalue weighted by molar-refractivity contribution is 0.0938. The number of rotatable bonds is 8. The highest BCUT2D eigenvalue weighted by molar-refractivity contribution is 5.74. The van der Waals surface area contributed by atoms with Crippen molar-refractivity contribution in [3.63, 3.8) is 0 Å². The van der Waals surface area contributed by atoms with E-state index in [-0.39, 0.29) is 24.3 Å². The van der Waals surface area contributed by atoms with Gasteiger partial charge in [-0.2, -0.15) is 4.98 Å². The van der Waals surface area contributed by atoms with Crippen LogP contribution in [-0.4, -0.2) is 43.5 Å². The second-order valence-corrected chi connectivity index (χ2v) is 7.09. The molecule has 0 aliphatic carbocycles. The first-order valence-electron chi connectivity index (χ1n) is 9.16. The SMILES string of the molecule is CC(C)CNc1nc2c(c(=O)[nH]c(=O)n2C)n1C[C@@H](O)COc1ccccc1. The first kappa shape index (κ1) is 19.7. The van der Waals surface area contributed by atoms with E-state index in [4.69, 9.17) is 4.74 Å². The van der Waals surface area contributed by atoms with Crippen molar-refractivity contribution in [3.8, 4) is 5.75 Å². The molecule has 3 N–H and O–H groups in total. The van der Waals surface area contributed by atoms with Crippen LogP contribution < -0.4 is 21.3 Å². The van der Waals surface area contributed by atoms with Crippen molar-refractivity contribution in [2.24, 2.45) is 13.0 Å². The van der Waals surface area contributed by atoms with Crippen molar-refractivity contribution in [2.45, 2.75) is 26.5 Å². The maximum absolute atomic E-state index is 12.4. The Morgan fingerprint density at radius 3 is 2.64 bits per heavy atom. The zero-order chi connectivity index (χ0) is 20.3. The van der Waals surface area contributed by atoms with Crippen molar-refractivity contribution in [3.05, 3.63) is 51.2 Å². The van der Waals surface area contributed by atoms with Gasteiger partial charge in [-0.3, -0.25) is 14.3 Å². The molecule has 0 unspecified atom stereocenters. The number of fused-ring (bicyclic) bond motifs is 1. The van der Waals surface area contributed by atoms with Gasteiger partial charge in [0.15, 0.2) is 11.2 Å². The number of benzene rings is 1. The molecule has 0 saturated heterocycles. The summed E-state index contributed by atoms with van der Waals surface area (Å²) in [5.41, 5.74) is -0.590. The number of anilines is 1. The summed E-state index contributed by atoms with van der Waals surface area (Å²) in [6.45, 7) is 4.87. The molecule has 0 bridgehead atoms. The molecule has 1 atom stereocenters. The van der Waals surface area contributed by atoms with Gasteiger partial charge in [0.1, 0.15) is 18.5 Å². The minimum atomic E-state index is -0.881. The number of para-hydroxylation sites is 1. The molecule has 0 saturated carbocycles. The number of aliphatic hydroxyl groups is 1. The Labute approximate surface area is 161 Å². The molecule has 9 heteroatoms. The zero-order valence-corrected chi connectivity index (χ0v) is 16.2. The van der Waals surface area contributed by atoms with E-state index < -0.39 is 17.4 Å². The number of ether oxygens (including phenoxy) is 1. The van der Waals surface area contributed by atoms with Gasteiger partial charge in [-0.1, -0.05) is 32.0 Å². The Hall–Kier alpha value is -3.07. The fraction of sp³-hybridized carbons (Fsp3) is 0.421. The quantitative estimate of drug-likeness (QED) is 0.530. The molecule has 0 radical (unpaired) electrons. The fourth-order valence-corrected chi connectivity index (χ4v) is 2.82. The third kappa shape index (κ3) is 4.25. The van der Waals surface area contributed by atoms with Crippen LogP contribution in [0.1, 0.15) is 13.8 Å². The molecular weight excluding hydrogens is 362 g/mol. The van der Waals surface area contributed by atoms with Gasteiger partial charge in [-0.25, -0.2) is 4.79 Å². The Kier molecular flexibility index (Phi) is 5.84. The van der Waals surface area contributed by atoms with Crippen LogP contribution in [0, 0.1) is 5.92 Å². The molecule has 28 heavy (non-hydrogen) atoms. The van der Waals surface area contributed by atoms with E-state index in [1.54, 1.807) is 23.7 Å². The third-order valence-corrected chi connectivity index (χ3v) is 4.25. The fourth-order valence-electron chi connectivity index (χ4n) is 2.82. The number of hydrogen-bond acceptors (Lipinski definition) is 6. The second-order valence-electron chi connectivity index (χ2n) is 7.09. The Bertz CT molecular complexity index is 1050. The number of hydrogen-bond donors (Lipinski definition) is 3. The van der Waals surface area contributed by atoms with Crippen LogP contribution in [-0.2, 0) is 13.6 Å². The summed E-state index contributed by atoms with van der Waals surface area (Å²) in [5, 5.41) is 13.7. The van der Waals surface area contributed by atoms with Crippen LogP contribution in [0.5, 0.6) is 5.75 Å². The summed E-state index contributed by atoms with van der Waals surface area (Å²) in [7, 11) is 1.54. The Morgan fingerprint density at radius 1 is 1.25 bits per heavy atom. The lowest BCUT2D eigenvalue weighted by Crippen LogP contribution is -2.31. The van der Waals surface area contributed by atoms with E-state index in [2.05, 4.69) is 15.3 Å². The highest BCUT2D eigenvalue weighted by Gasteiger charge is 2.20. The van der Waals surface area contributed by atoms with Gasteiger partial charge in [0.25, 0.3) is 5.56 Å². The minimum Gasteiger partial charge on any atom is -0.491 e. The van der Waals surface area contributed by atoms with Gasteiger partial charge in [0, 0.05) is 13.6 Å². The van der Waals surface area contributed by atoms with Crippen LogP contribution in [0.4, 0.5) is 5.95 Å². The lowest BCUT2D eigenvalue weighted by atomic mass is 10.2. The molecule has 0 amide bonds. The van der Waals surface area contributed by atoms with E-state index in [0.717, 1.165) is 0 Å². The van der Waals surface area contributed by atoms with Crippen molar-refractivity contribution in [1.82, 2.24) is 19.1 Å². The lowest BCUT2D eigenvalue weighted by Gasteiger charge is -2.16. The molecule has 3 rings (SSSR count). The maximum atomic E-state index is 12.4. The first-order valence-corrected chi connectivity index (χ1v) is 9.16. The van der Waals surface area contributed by atoms with Crippen LogP contribution in [0.15, 0.2) is 39.9 Å². The summed E-state index contributed by atoms with van der Waals surface area (Å²) in [6.07, 6.45) is -0.881. The predicted octanol–water partition coefficient (Wildman–Crippen LogP) is 0.931. The smallest absolute Gasteiger partial charge is 0.329 e. The normalized spacial score (nSPS) is 12.5. The van der Waals surface area contributed by atoms with Crippen molar-refractivity contribution in [1.29, 1.82) is 0 Å².